The summed E-state index contributed by atoms with van der Waals surface area (Å²) in [6, 6.07) is 5.17. The monoisotopic (exact) mass is 277 g/mol. The van der Waals surface area contributed by atoms with Gasteiger partial charge in [0.2, 0.25) is 5.56 Å². The van der Waals surface area contributed by atoms with E-state index in [1.165, 1.54) is 44.6 Å². The third-order valence-electron chi connectivity index (χ3n) is 3.71. The molecule has 110 valence electrons. The summed E-state index contributed by atoms with van der Waals surface area (Å²) in [5.41, 5.74) is 0.0567. The fourth-order valence-electron chi connectivity index (χ4n) is 2.61. The van der Waals surface area contributed by atoms with Crippen LogP contribution in [0.1, 0.15) is 49.0 Å². The van der Waals surface area contributed by atoms with Gasteiger partial charge in [-0.2, -0.15) is 0 Å². The number of aromatic nitrogens is 1. The summed E-state index contributed by atoms with van der Waals surface area (Å²) in [7, 11) is 0. The van der Waals surface area contributed by atoms with Gasteiger partial charge in [0.05, 0.1) is 0 Å². The Morgan fingerprint density at radius 1 is 1.15 bits per heavy atom. The number of pyridine rings is 1. The van der Waals surface area contributed by atoms with Crippen molar-refractivity contribution in [1.82, 2.24) is 15.6 Å². The number of hydrogen-bond acceptors (Lipinski definition) is 3. The molecular formula is C15H23N3O2. The molecule has 1 aromatic heterocycles. The molecule has 3 N–H and O–H groups in total. The van der Waals surface area contributed by atoms with E-state index < -0.39 is 0 Å². The molecule has 0 atom stereocenters. The zero-order chi connectivity index (χ0) is 14.2. The van der Waals surface area contributed by atoms with E-state index in [2.05, 4.69) is 15.6 Å². The summed E-state index contributed by atoms with van der Waals surface area (Å²) >= 11 is 0. The molecule has 1 amide bonds. The predicted molar refractivity (Wildman–Crippen MR) is 78.9 cm³/mol. The van der Waals surface area contributed by atoms with E-state index in [-0.39, 0.29) is 11.5 Å². The van der Waals surface area contributed by atoms with E-state index in [9.17, 15) is 9.59 Å². The topological polar surface area (TPSA) is 74.0 Å². The van der Waals surface area contributed by atoms with E-state index in [1.54, 1.807) is 12.1 Å². The maximum Gasteiger partial charge on any atom is 0.267 e. The SMILES string of the molecule is O=C(NCCNC1CCCCCC1)c1cccc(=O)[nH]1. The average molecular weight is 277 g/mol. The van der Waals surface area contributed by atoms with E-state index in [0.29, 0.717) is 18.3 Å². The number of H-pyrrole nitrogens is 1. The van der Waals surface area contributed by atoms with Crippen molar-refractivity contribution in [1.29, 1.82) is 0 Å². The summed E-state index contributed by atoms with van der Waals surface area (Å²) in [4.78, 5) is 25.4. The number of carbonyl (C=O) groups is 1. The van der Waals surface area contributed by atoms with Crippen LogP contribution in [0.5, 0.6) is 0 Å². The van der Waals surface area contributed by atoms with Crippen LogP contribution in [0.2, 0.25) is 0 Å². The standard InChI is InChI=1S/C15H23N3O2/c19-14-9-5-8-13(18-14)15(20)17-11-10-16-12-6-3-1-2-4-7-12/h5,8-9,12,16H,1-4,6-7,10-11H2,(H,17,20)(H,18,19). The highest BCUT2D eigenvalue weighted by atomic mass is 16.2. The predicted octanol–water partition coefficient (Wildman–Crippen LogP) is 1.42. The maximum atomic E-state index is 11.8. The molecule has 1 aliphatic carbocycles. The van der Waals surface area contributed by atoms with Crippen LogP contribution < -0.4 is 16.2 Å². The molecule has 1 heterocycles. The van der Waals surface area contributed by atoms with Crippen LogP contribution in [0.25, 0.3) is 0 Å². The number of amides is 1. The smallest absolute Gasteiger partial charge is 0.267 e. The quantitative estimate of drug-likeness (QED) is 0.563. The zero-order valence-corrected chi connectivity index (χ0v) is 11.8. The fraction of sp³-hybridized carbons (Fsp3) is 0.600. The molecule has 1 fully saturated rings. The Hall–Kier alpha value is -1.62. The number of rotatable bonds is 5. The Morgan fingerprint density at radius 3 is 2.60 bits per heavy atom. The third kappa shape index (κ3) is 4.81. The molecule has 1 saturated carbocycles. The lowest BCUT2D eigenvalue weighted by Crippen LogP contribution is -2.37. The molecule has 2 rings (SSSR count). The molecular weight excluding hydrogens is 254 g/mol. The Bertz CT molecular complexity index is 476. The lowest BCUT2D eigenvalue weighted by atomic mass is 10.1. The Morgan fingerprint density at radius 2 is 1.90 bits per heavy atom. The van der Waals surface area contributed by atoms with Gasteiger partial charge < -0.3 is 15.6 Å². The van der Waals surface area contributed by atoms with E-state index in [0.717, 1.165) is 6.54 Å². The van der Waals surface area contributed by atoms with Crippen molar-refractivity contribution in [2.24, 2.45) is 0 Å². The second-order valence-corrected chi connectivity index (χ2v) is 5.33. The molecule has 1 aliphatic rings. The van der Waals surface area contributed by atoms with E-state index in [1.807, 2.05) is 0 Å². The minimum atomic E-state index is -0.255. The molecule has 0 aromatic carbocycles. The number of hydrogen-bond donors (Lipinski definition) is 3. The minimum Gasteiger partial charge on any atom is -0.349 e. The van der Waals surface area contributed by atoms with Crippen molar-refractivity contribution in [3.05, 3.63) is 34.2 Å². The lowest BCUT2D eigenvalue weighted by Gasteiger charge is -2.16. The van der Waals surface area contributed by atoms with Gasteiger partial charge in [-0.15, -0.1) is 0 Å². The largest absolute Gasteiger partial charge is 0.349 e. The van der Waals surface area contributed by atoms with Gasteiger partial charge in [0.15, 0.2) is 0 Å². The van der Waals surface area contributed by atoms with Gasteiger partial charge in [-0.3, -0.25) is 9.59 Å². The van der Waals surface area contributed by atoms with Crippen molar-refractivity contribution < 1.29 is 4.79 Å². The Labute approximate surface area is 119 Å². The first-order valence-corrected chi connectivity index (χ1v) is 7.46. The summed E-state index contributed by atoms with van der Waals surface area (Å²) in [5, 5.41) is 6.30. The summed E-state index contributed by atoms with van der Waals surface area (Å²) in [6.07, 6.45) is 7.76. The second kappa shape index (κ2) is 7.85. The van der Waals surface area contributed by atoms with Gasteiger partial charge in [0, 0.05) is 25.2 Å². The van der Waals surface area contributed by atoms with Crippen LogP contribution in [-0.4, -0.2) is 30.0 Å². The first-order chi connectivity index (χ1) is 9.75. The molecule has 0 unspecified atom stereocenters. The molecule has 0 bridgehead atoms. The molecule has 1 aromatic rings. The van der Waals surface area contributed by atoms with Crippen molar-refractivity contribution in [3.63, 3.8) is 0 Å². The van der Waals surface area contributed by atoms with Crippen LogP contribution in [0, 0.1) is 0 Å². The summed E-state index contributed by atoms with van der Waals surface area (Å²) in [6.45, 7) is 1.35. The molecule has 5 nitrogen and oxygen atoms in total. The Balaban J connectivity index is 1.67. The fourth-order valence-corrected chi connectivity index (χ4v) is 2.61. The van der Waals surface area contributed by atoms with Crippen molar-refractivity contribution >= 4 is 5.91 Å². The molecule has 5 heteroatoms. The molecule has 0 aliphatic heterocycles. The number of nitrogens with one attached hydrogen (secondary N) is 3. The minimum absolute atomic E-state index is 0.231. The normalized spacial score (nSPS) is 16.6. The van der Waals surface area contributed by atoms with Gasteiger partial charge >= 0.3 is 0 Å². The number of carbonyl (C=O) groups excluding carboxylic acids is 1. The van der Waals surface area contributed by atoms with Crippen LogP contribution >= 0.6 is 0 Å². The van der Waals surface area contributed by atoms with E-state index in [4.69, 9.17) is 0 Å². The van der Waals surface area contributed by atoms with Gasteiger partial charge in [0.25, 0.3) is 5.91 Å². The molecule has 0 saturated heterocycles. The van der Waals surface area contributed by atoms with Crippen LogP contribution in [0.15, 0.2) is 23.0 Å². The molecule has 0 radical (unpaired) electrons. The molecule has 0 spiro atoms. The summed E-state index contributed by atoms with van der Waals surface area (Å²) in [5.74, 6) is -0.231. The number of aromatic amines is 1. The second-order valence-electron chi connectivity index (χ2n) is 5.33. The average Bonchev–Trinajstić information content (AvgIpc) is 2.72. The van der Waals surface area contributed by atoms with Gasteiger partial charge in [-0.25, -0.2) is 0 Å². The Kier molecular flexibility index (Phi) is 5.80. The molecule has 20 heavy (non-hydrogen) atoms. The van der Waals surface area contributed by atoms with E-state index >= 15 is 0 Å². The van der Waals surface area contributed by atoms with Gasteiger partial charge in [0.1, 0.15) is 5.69 Å². The highest BCUT2D eigenvalue weighted by Crippen LogP contribution is 2.16. The summed E-state index contributed by atoms with van der Waals surface area (Å²) < 4.78 is 0. The zero-order valence-electron chi connectivity index (χ0n) is 11.8. The van der Waals surface area contributed by atoms with Crippen LogP contribution in [-0.2, 0) is 0 Å². The van der Waals surface area contributed by atoms with Crippen molar-refractivity contribution in [2.45, 2.75) is 44.6 Å². The third-order valence-corrected chi connectivity index (χ3v) is 3.71. The highest BCUT2D eigenvalue weighted by molar-refractivity contribution is 5.92. The first kappa shape index (κ1) is 14.8. The first-order valence-electron chi connectivity index (χ1n) is 7.46. The van der Waals surface area contributed by atoms with Crippen LogP contribution in [0.3, 0.4) is 0 Å². The van der Waals surface area contributed by atoms with Gasteiger partial charge in [-0.1, -0.05) is 31.7 Å². The van der Waals surface area contributed by atoms with Crippen molar-refractivity contribution in [2.75, 3.05) is 13.1 Å². The lowest BCUT2D eigenvalue weighted by molar-refractivity contribution is 0.0948. The highest BCUT2D eigenvalue weighted by Gasteiger charge is 2.11. The van der Waals surface area contributed by atoms with Gasteiger partial charge in [-0.05, 0) is 18.9 Å². The van der Waals surface area contributed by atoms with Crippen molar-refractivity contribution in [3.8, 4) is 0 Å². The maximum absolute atomic E-state index is 11.8. The van der Waals surface area contributed by atoms with Crippen LogP contribution in [0.4, 0.5) is 0 Å².